The van der Waals surface area contributed by atoms with Gasteiger partial charge in [0.2, 0.25) is 0 Å². The van der Waals surface area contributed by atoms with E-state index in [4.69, 9.17) is 4.74 Å². The molecule has 1 aromatic carbocycles. The first-order valence-electron chi connectivity index (χ1n) is 8.11. The molecule has 3 heterocycles. The molecule has 0 aromatic heterocycles. The Morgan fingerprint density at radius 3 is 2.80 bits per heavy atom. The molecule has 3 aliphatic rings. The Hall–Kier alpha value is -1.06. The van der Waals surface area contributed by atoms with E-state index >= 15 is 0 Å². The van der Waals surface area contributed by atoms with Gasteiger partial charge in [-0.1, -0.05) is 18.2 Å². The highest BCUT2D eigenvalue weighted by Crippen LogP contribution is 2.37. The average Bonchev–Trinajstić information content (AvgIpc) is 2.84. The average molecular weight is 272 g/mol. The van der Waals surface area contributed by atoms with Crippen molar-refractivity contribution in [1.29, 1.82) is 0 Å². The summed E-state index contributed by atoms with van der Waals surface area (Å²) < 4.78 is 5.83. The van der Waals surface area contributed by atoms with Gasteiger partial charge < -0.3 is 4.74 Å². The Kier molecular flexibility index (Phi) is 3.41. The second-order valence-corrected chi connectivity index (χ2v) is 6.37. The highest BCUT2D eigenvalue weighted by Gasteiger charge is 2.33. The van der Waals surface area contributed by atoms with Gasteiger partial charge in [0.15, 0.2) is 0 Å². The molecular formula is C17H24N2O. The van der Waals surface area contributed by atoms with E-state index in [9.17, 15) is 0 Å². The molecular weight excluding hydrogens is 248 g/mol. The predicted octanol–water partition coefficient (Wildman–Crippen LogP) is 2.68. The van der Waals surface area contributed by atoms with Crippen LogP contribution < -0.4 is 4.74 Å². The zero-order valence-corrected chi connectivity index (χ0v) is 12.1. The second-order valence-electron chi connectivity index (χ2n) is 6.37. The van der Waals surface area contributed by atoms with Gasteiger partial charge in [-0.05, 0) is 38.4 Å². The maximum Gasteiger partial charge on any atom is 0.124 e. The van der Waals surface area contributed by atoms with Gasteiger partial charge in [0.25, 0.3) is 0 Å². The van der Waals surface area contributed by atoms with Crippen molar-refractivity contribution in [2.75, 3.05) is 32.8 Å². The van der Waals surface area contributed by atoms with E-state index in [0.29, 0.717) is 6.04 Å². The summed E-state index contributed by atoms with van der Waals surface area (Å²) in [5.41, 5.74) is 1.41. The summed E-state index contributed by atoms with van der Waals surface area (Å²) in [6.45, 7) is 5.98. The van der Waals surface area contributed by atoms with Crippen molar-refractivity contribution in [1.82, 2.24) is 9.80 Å². The van der Waals surface area contributed by atoms with Crippen LogP contribution in [0.5, 0.6) is 5.75 Å². The lowest BCUT2D eigenvalue weighted by Crippen LogP contribution is -2.39. The van der Waals surface area contributed by atoms with Crippen molar-refractivity contribution >= 4 is 0 Å². The van der Waals surface area contributed by atoms with E-state index in [1.807, 2.05) is 0 Å². The van der Waals surface area contributed by atoms with E-state index in [-0.39, 0.29) is 0 Å². The summed E-state index contributed by atoms with van der Waals surface area (Å²) >= 11 is 0. The molecule has 2 fully saturated rings. The quantitative estimate of drug-likeness (QED) is 0.782. The van der Waals surface area contributed by atoms with Crippen molar-refractivity contribution in [3.05, 3.63) is 29.8 Å². The zero-order chi connectivity index (χ0) is 13.4. The fraction of sp³-hybridized carbons (Fsp3) is 0.647. The minimum absolute atomic E-state index is 0.570. The van der Waals surface area contributed by atoms with E-state index < -0.39 is 0 Å². The summed E-state index contributed by atoms with van der Waals surface area (Å²) in [6.07, 6.45) is 5.24. The molecule has 0 aliphatic carbocycles. The lowest BCUT2D eigenvalue weighted by Gasteiger charge is -2.36. The van der Waals surface area contributed by atoms with E-state index in [1.165, 1.54) is 51.0 Å². The molecule has 108 valence electrons. The number of rotatable bonds is 1. The van der Waals surface area contributed by atoms with Gasteiger partial charge in [-0.3, -0.25) is 9.80 Å². The minimum atomic E-state index is 0.570. The molecule has 2 saturated heterocycles. The van der Waals surface area contributed by atoms with E-state index in [0.717, 1.165) is 24.8 Å². The summed E-state index contributed by atoms with van der Waals surface area (Å²) in [7, 11) is 0. The minimum Gasteiger partial charge on any atom is -0.493 e. The summed E-state index contributed by atoms with van der Waals surface area (Å²) in [6, 6.07) is 9.99. The van der Waals surface area contributed by atoms with Crippen molar-refractivity contribution < 1.29 is 4.74 Å². The number of benzene rings is 1. The van der Waals surface area contributed by atoms with Crippen LogP contribution in [0.25, 0.3) is 0 Å². The molecule has 4 rings (SSSR count). The predicted molar refractivity (Wildman–Crippen MR) is 80.1 cm³/mol. The van der Waals surface area contributed by atoms with Gasteiger partial charge in [0.1, 0.15) is 5.75 Å². The number of para-hydroxylation sites is 1. The second kappa shape index (κ2) is 5.38. The first kappa shape index (κ1) is 12.7. The molecule has 0 bridgehead atoms. The van der Waals surface area contributed by atoms with Crippen LogP contribution in [0, 0.1) is 0 Å². The maximum absolute atomic E-state index is 5.83. The third kappa shape index (κ3) is 2.23. The number of hydrogen-bond donors (Lipinski definition) is 0. The standard InChI is InChI=1S/C17H24N2O/c1-2-7-17-15(6-1)16(8-12-20-17)19-11-4-10-18-9-3-5-14(18)13-19/h1-2,6-7,14,16H,3-5,8-13H2. The third-order valence-corrected chi connectivity index (χ3v) is 5.20. The summed E-state index contributed by atoms with van der Waals surface area (Å²) in [5, 5.41) is 0. The van der Waals surface area contributed by atoms with Gasteiger partial charge in [0, 0.05) is 37.2 Å². The Labute approximate surface area is 121 Å². The summed E-state index contributed by atoms with van der Waals surface area (Å²) in [4.78, 5) is 5.45. The lowest BCUT2D eigenvalue weighted by molar-refractivity contribution is 0.129. The number of ether oxygens (including phenoxy) is 1. The number of hydrogen-bond acceptors (Lipinski definition) is 3. The fourth-order valence-electron chi connectivity index (χ4n) is 4.22. The van der Waals surface area contributed by atoms with Crippen LogP contribution in [0.15, 0.2) is 24.3 Å². The molecule has 20 heavy (non-hydrogen) atoms. The zero-order valence-electron chi connectivity index (χ0n) is 12.1. The molecule has 2 unspecified atom stereocenters. The summed E-state index contributed by atoms with van der Waals surface area (Å²) in [5.74, 6) is 1.11. The molecule has 3 nitrogen and oxygen atoms in total. The van der Waals surface area contributed by atoms with Crippen LogP contribution in [0.1, 0.15) is 37.3 Å². The van der Waals surface area contributed by atoms with Crippen LogP contribution in [-0.4, -0.2) is 48.6 Å². The van der Waals surface area contributed by atoms with Crippen LogP contribution >= 0.6 is 0 Å². The third-order valence-electron chi connectivity index (χ3n) is 5.20. The van der Waals surface area contributed by atoms with Crippen LogP contribution in [0.2, 0.25) is 0 Å². The van der Waals surface area contributed by atoms with Gasteiger partial charge in [-0.15, -0.1) is 0 Å². The van der Waals surface area contributed by atoms with Crippen molar-refractivity contribution in [2.24, 2.45) is 0 Å². The molecule has 3 heteroatoms. The number of fused-ring (bicyclic) bond motifs is 2. The van der Waals surface area contributed by atoms with Gasteiger partial charge in [-0.2, -0.15) is 0 Å². The maximum atomic E-state index is 5.83. The first-order valence-corrected chi connectivity index (χ1v) is 8.11. The molecule has 0 amide bonds. The smallest absolute Gasteiger partial charge is 0.124 e. The molecule has 0 N–H and O–H groups in total. The monoisotopic (exact) mass is 272 g/mol. The largest absolute Gasteiger partial charge is 0.493 e. The van der Waals surface area contributed by atoms with Crippen molar-refractivity contribution in [3.63, 3.8) is 0 Å². The normalized spacial score (nSPS) is 31.2. The SMILES string of the molecule is c1ccc2c(c1)OCCC2N1CCCN2CCCC2C1. The molecule has 0 spiro atoms. The molecule has 1 aromatic rings. The Morgan fingerprint density at radius 2 is 1.80 bits per heavy atom. The van der Waals surface area contributed by atoms with E-state index in [2.05, 4.69) is 34.1 Å². The van der Waals surface area contributed by atoms with Crippen LogP contribution in [-0.2, 0) is 0 Å². The van der Waals surface area contributed by atoms with E-state index in [1.54, 1.807) is 0 Å². The Bertz CT molecular complexity index is 476. The van der Waals surface area contributed by atoms with Crippen molar-refractivity contribution in [3.8, 4) is 5.75 Å². The molecule has 3 aliphatic heterocycles. The van der Waals surface area contributed by atoms with Crippen LogP contribution in [0.4, 0.5) is 0 Å². The Balaban J connectivity index is 1.58. The van der Waals surface area contributed by atoms with Gasteiger partial charge in [0.05, 0.1) is 6.61 Å². The Morgan fingerprint density at radius 1 is 0.950 bits per heavy atom. The molecule has 2 atom stereocenters. The highest BCUT2D eigenvalue weighted by molar-refractivity contribution is 5.37. The lowest BCUT2D eigenvalue weighted by atomic mass is 9.98. The fourth-order valence-corrected chi connectivity index (χ4v) is 4.22. The van der Waals surface area contributed by atoms with Crippen molar-refractivity contribution in [2.45, 2.75) is 37.8 Å². The van der Waals surface area contributed by atoms with Crippen LogP contribution in [0.3, 0.4) is 0 Å². The highest BCUT2D eigenvalue weighted by atomic mass is 16.5. The molecule has 0 saturated carbocycles. The van der Waals surface area contributed by atoms with Gasteiger partial charge in [-0.25, -0.2) is 0 Å². The topological polar surface area (TPSA) is 15.7 Å². The number of nitrogens with zero attached hydrogens (tertiary/aromatic N) is 2. The molecule has 0 radical (unpaired) electrons. The first-order chi connectivity index (χ1) is 9.92. The van der Waals surface area contributed by atoms with Gasteiger partial charge >= 0.3 is 0 Å².